The number of nitrogens with one attached hydrogen (secondary N) is 2. The molecule has 28 heavy (non-hydrogen) atoms. The van der Waals surface area contributed by atoms with Crippen LogP contribution in [0.1, 0.15) is 31.9 Å². The molecule has 0 radical (unpaired) electrons. The van der Waals surface area contributed by atoms with Crippen molar-refractivity contribution in [3.05, 3.63) is 58.1 Å². The van der Waals surface area contributed by atoms with E-state index in [1.54, 1.807) is 31.4 Å². The fourth-order valence-corrected chi connectivity index (χ4v) is 2.87. The van der Waals surface area contributed by atoms with E-state index in [1.807, 2.05) is 18.2 Å². The van der Waals surface area contributed by atoms with Crippen molar-refractivity contribution < 1.29 is 19.1 Å². The van der Waals surface area contributed by atoms with E-state index in [4.69, 9.17) is 9.47 Å². The SMILES string of the molecule is COc1ccc(CC(=O)NNC(=O)COc2ccc(C(C)(C)C)cc2Br)cc1. The molecule has 6 nitrogen and oxygen atoms in total. The van der Waals surface area contributed by atoms with Gasteiger partial charge in [0.15, 0.2) is 6.61 Å². The third-order valence-corrected chi connectivity index (χ3v) is 4.64. The molecular formula is C21H25BrN2O4. The van der Waals surface area contributed by atoms with Crippen molar-refractivity contribution in [1.29, 1.82) is 0 Å². The van der Waals surface area contributed by atoms with Crippen molar-refractivity contribution in [3.8, 4) is 11.5 Å². The summed E-state index contributed by atoms with van der Waals surface area (Å²) in [6.45, 7) is 6.16. The molecule has 0 aliphatic carbocycles. The van der Waals surface area contributed by atoms with E-state index < -0.39 is 5.91 Å². The average Bonchev–Trinajstić information content (AvgIpc) is 2.65. The van der Waals surface area contributed by atoms with Gasteiger partial charge in [-0.3, -0.25) is 20.4 Å². The van der Waals surface area contributed by atoms with Crippen LogP contribution in [0.5, 0.6) is 11.5 Å². The molecule has 0 saturated carbocycles. The van der Waals surface area contributed by atoms with Gasteiger partial charge < -0.3 is 9.47 Å². The number of amides is 2. The Balaban J connectivity index is 1.78. The first-order chi connectivity index (χ1) is 13.2. The normalized spacial score (nSPS) is 10.9. The standard InChI is InChI=1S/C21H25BrN2O4/c1-21(2,3)15-7-10-18(17(22)12-15)28-13-20(26)24-23-19(25)11-14-5-8-16(27-4)9-6-14/h5-10,12H,11,13H2,1-4H3,(H,23,25)(H,24,26). The van der Waals surface area contributed by atoms with Crippen LogP contribution in [0.25, 0.3) is 0 Å². The maximum atomic E-state index is 11.9. The summed E-state index contributed by atoms with van der Waals surface area (Å²) < 4.78 is 11.4. The maximum absolute atomic E-state index is 11.9. The fraction of sp³-hybridized carbons (Fsp3) is 0.333. The van der Waals surface area contributed by atoms with Crippen LogP contribution in [0, 0.1) is 0 Å². The summed E-state index contributed by atoms with van der Waals surface area (Å²) in [6.07, 6.45) is 0.144. The molecule has 0 spiro atoms. The molecule has 7 heteroatoms. The van der Waals surface area contributed by atoms with Gasteiger partial charge in [-0.15, -0.1) is 0 Å². The maximum Gasteiger partial charge on any atom is 0.276 e. The second-order valence-corrected chi connectivity index (χ2v) is 8.16. The molecule has 2 rings (SSSR count). The number of methoxy groups -OCH3 is 1. The molecule has 0 bridgehead atoms. The molecule has 0 heterocycles. The molecule has 2 aromatic carbocycles. The highest BCUT2D eigenvalue weighted by atomic mass is 79.9. The van der Waals surface area contributed by atoms with Gasteiger partial charge in [0.1, 0.15) is 11.5 Å². The largest absolute Gasteiger partial charge is 0.497 e. The van der Waals surface area contributed by atoms with Gasteiger partial charge in [0.05, 0.1) is 18.0 Å². The van der Waals surface area contributed by atoms with Crippen molar-refractivity contribution in [3.63, 3.8) is 0 Å². The van der Waals surface area contributed by atoms with Gasteiger partial charge in [0.2, 0.25) is 5.91 Å². The molecule has 2 aromatic rings. The number of ether oxygens (including phenoxy) is 2. The summed E-state index contributed by atoms with van der Waals surface area (Å²) in [5.74, 6) is 0.508. The second kappa shape index (κ2) is 9.59. The highest BCUT2D eigenvalue weighted by Gasteiger charge is 2.15. The van der Waals surface area contributed by atoms with Crippen molar-refractivity contribution in [2.24, 2.45) is 0 Å². The Kier molecular flexibility index (Phi) is 7.45. The van der Waals surface area contributed by atoms with Crippen molar-refractivity contribution in [2.75, 3.05) is 13.7 Å². The van der Waals surface area contributed by atoms with Gasteiger partial charge in [-0.2, -0.15) is 0 Å². The lowest BCUT2D eigenvalue weighted by Gasteiger charge is -2.20. The first kappa shape index (κ1) is 21.8. The third kappa shape index (κ3) is 6.56. The number of hydrogen-bond acceptors (Lipinski definition) is 4. The van der Waals surface area contributed by atoms with Crippen LogP contribution < -0.4 is 20.3 Å². The third-order valence-electron chi connectivity index (χ3n) is 4.02. The highest BCUT2D eigenvalue weighted by molar-refractivity contribution is 9.10. The Morgan fingerprint density at radius 1 is 1.00 bits per heavy atom. The summed E-state index contributed by atoms with van der Waals surface area (Å²) in [6, 6.07) is 12.9. The molecule has 150 valence electrons. The zero-order chi connectivity index (χ0) is 20.7. The number of carbonyl (C=O) groups is 2. The Labute approximate surface area is 173 Å². The van der Waals surface area contributed by atoms with Crippen LogP contribution in [0.2, 0.25) is 0 Å². The molecule has 2 N–H and O–H groups in total. The molecule has 0 aliphatic rings. The first-order valence-electron chi connectivity index (χ1n) is 8.82. The van der Waals surface area contributed by atoms with Crippen LogP contribution >= 0.6 is 15.9 Å². The Hall–Kier alpha value is -2.54. The molecule has 0 unspecified atom stereocenters. The topological polar surface area (TPSA) is 76.7 Å². The highest BCUT2D eigenvalue weighted by Crippen LogP contribution is 2.31. The predicted octanol–water partition coefficient (Wildman–Crippen LogP) is 3.52. The number of carbonyl (C=O) groups excluding carboxylic acids is 2. The van der Waals surface area contributed by atoms with Crippen LogP contribution in [-0.4, -0.2) is 25.5 Å². The Morgan fingerprint density at radius 2 is 1.64 bits per heavy atom. The van der Waals surface area contributed by atoms with Gasteiger partial charge >= 0.3 is 0 Å². The van der Waals surface area contributed by atoms with E-state index in [2.05, 4.69) is 47.6 Å². The lowest BCUT2D eigenvalue weighted by atomic mass is 9.87. The predicted molar refractivity (Wildman–Crippen MR) is 111 cm³/mol. The van der Waals surface area contributed by atoms with Gasteiger partial charge in [-0.1, -0.05) is 39.0 Å². The quantitative estimate of drug-likeness (QED) is 0.662. The second-order valence-electron chi connectivity index (χ2n) is 7.31. The molecule has 0 fully saturated rings. The summed E-state index contributed by atoms with van der Waals surface area (Å²) in [7, 11) is 1.58. The zero-order valence-corrected chi connectivity index (χ0v) is 18.1. The first-order valence-corrected chi connectivity index (χ1v) is 9.62. The summed E-state index contributed by atoms with van der Waals surface area (Å²) >= 11 is 3.46. The number of benzene rings is 2. The zero-order valence-electron chi connectivity index (χ0n) is 16.5. The molecule has 0 atom stereocenters. The number of rotatable bonds is 6. The van der Waals surface area contributed by atoms with Crippen molar-refractivity contribution in [2.45, 2.75) is 32.6 Å². The van der Waals surface area contributed by atoms with Crippen LogP contribution in [-0.2, 0) is 21.4 Å². The monoisotopic (exact) mass is 448 g/mol. The van der Waals surface area contributed by atoms with E-state index in [9.17, 15) is 9.59 Å². The molecule has 2 amide bonds. The van der Waals surface area contributed by atoms with Crippen LogP contribution in [0.3, 0.4) is 0 Å². The Morgan fingerprint density at radius 3 is 2.21 bits per heavy atom. The van der Waals surface area contributed by atoms with Gasteiger partial charge in [0, 0.05) is 0 Å². The van der Waals surface area contributed by atoms with Crippen LogP contribution in [0.15, 0.2) is 46.9 Å². The number of hydrogen-bond donors (Lipinski definition) is 2. The lowest BCUT2D eigenvalue weighted by Crippen LogP contribution is -2.44. The minimum absolute atomic E-state index is 0.0204. The lowest BCUT2D eigenvalue weighted by molar-refractivity contribution is -0.129. The molecule has 0 aliphatic heterocycles. The minimum atomic E-state index is -0.449. The summed E-state index contributed by atoms with van der Waals surface area (Å²) in [4.78, 5) is 23.8. The summed E-state index contributed by atoms with van der Waals surface area (Å²) in [5.41, 5.74) is 6.71. The number of hydrazine groups is 1. The fourth-order valence-electron chi connectivity index (χ4n) is 2.38. The van der Waals surface area contributed by atoms with Gasteiger partial charge in [-0.05, 0) is 56.7 Å². The van der Waals surface area contributed by atoms with Crippen LogP contribution in [0.4, 0.5) is 0 Å². The average molecular weight is 449 g/mol. The van der Waals surface area contributed by atoms with Gasteiger partial charge in [-0.25, -0.2) is 0 Å². The number of halogens is 1. The van der Waals surface area contributed by atoms with E-state index in [0.29, 0.717) is 5.75 Å². The minimum Gasteiger partial charge on any atom is -0.497 e. The van der Waals surface area contributed by atoms with E-state index >= 15 is 0 Å². The molecule has 0 saturated heterocycles. The van der Waals surface area contributed by atoms with E-state index in [1.165, 1.54) is 0 Å². The van der Waals surface area contributed by atoms with Gasteiger partial charge in [0.25, 0.3) is 5.91 Å². The van der Waals surface area contributed by atoms with Crippen molar-refractivity contribution >= 4 is 27.7 Å². The summed E-state index contributed by atoms with van der Waals surface area (Å²) in [5, 5.41) is 0. The van der Waals surface area contributed by atoms with Crippen molar-refractivity contribution in [1.82, 2.24) is 10.9 Å². The van der Waals surface area contributed by atoms with E-state index in [0.717, 1.165) is 21.3 Å². The van der Waals surface area contributed by atoms with E-state index in [-0.39, 0.29) is 24.3 Å². The molecule has 0 aromatic heterocycles. The Bertz CT molecular complexity index is 829. The smallest absolute Gasteiger partial charge is 0.276 e. The molecular weight excluding hydrogens is 424 g/mol.